The largest absolute Gasteiger partial charge is 0.493 e. The highest BCUT2D eigenvalue weighted by Crippen LogP contribution is 2.47. The molecule has 1 aromatic carbocycles. The SMILES string of the molecule is COc1ccc([C@@H]2CN(C(=O)[C@@H](O)CO)C[C@@]2(C)[C@@H](C)O)cc1OC1CN(c2nnc(C3CC3)s2)C1. The molecular weight excluding hydrogens is 484 g/mol. The van der Waals surface area contributed by atoms with Gasteiger partial charge in [0.1, 0.15) is 11.1 Å². The first-order valence-corrected chi connectivity index (χ1v) is 13.2. The zero-order chi connectivity index (χ0) is 25.6. The van der Waals surface area contributed by atoms with Gasteiger partial charge in [0.25, 0.3) is 5.91 Å². The fourth-order valence-electron chi connectivity index (χ4n) is 5.08. The van der Waals surface area contributed by atoms with Crippen molar-refractivity contribution in [1.82, 2.24) is 15.1 Å². The molecule has 3 fully saturated rings. The zero-order valence-electron chi connectivity index (χ0n) is 20.8. The highest BCUT2D eigenvalue weighted by atomic mass is 32.1. The maximum absolute atomic E-state index is 12.6. The first-order chi connectivity index (χ1) is 17.2. The normalized spacial score (nSPS) is 26.0. The molecule has 1 amide bonds. The second-order valence-corrected chi connectivity index (χ2v) is 11.4. The van der Waals surface area contributed by atoms with E-state index in [1.165, 1.54) is 17.7 Å². The van der Waals surface area contributed by atoms with Gasteiger partial charge < -0.3 is 34.6 Å². The number of carbonyl (C=O) groups is 1. The van der Waals surface area contributed by atoms with Crippen LogP contribution >= 0.6 is 11.3 Å². The lowest BCUT2D eigenvalue weighted by atomic mass is 9.72. The van der Waals surface area contributed by atoms with Crippen LogP contribution in [0.3, 0.4) is 0 Å². The van der Waals surface area contributed by atoms with Gasteiger partial charge in [-0.2, -0.15) is 0 Å². The Hall–Kier alpha value is -2.47. The summed E-state index contributed by atoms with van der Waals surface area (Å²) < 4.78 is 11.9. The Morgan fingerprint density at radius 1 is 1.22 bits per heavy atom. The van der Waals surface area contributed by atoms with Crippen LogP contribution in [-0.2, 0) is 4.79 Å². The number of carbonyl (C=O) groups excluding carboxylic acids is 1. The van der Waals surface area contributed by atoms with E-state index in [1.54, 1.807) is 25.4 Å². The van der Waals surface area contributed by atoms with E-state index in [1.807, 2.05) is 25.1 Å². The van der Waals surface area contributed by atoms with Gasteiger partial charge in [-0.3, -0.25) is 4.79 Å². The average Bonchev–Trinajstić information content (AvgIpc) is 3.47. The van der Waals surface area contributed by atoms with E-state index in [9.17, 15) is 20.1 Å². The van der Waals surface area contributed by atoms with E-state index in [0.29, 0.717) is 37.1 Å². The first-order valence-electron chi connectivity index (χ1n) is 12.4. The molecule has 10 nitrogen and oxygen atoms in total. The summed E-state index contributed by atoms with van der Waals surface area (Å²) in [5.74, 6) is 1.10. The summed E-state index contributed by atoms with van der Waals surface area (Å²) in [4.78, 5) is 16.3. The number of aliphatic hydroxyl groups is 3. The minimum absolute atomic E-state index is 0.0214. The second-order valence-electron chi connectivity index (χ2n) is 10.4. The number of amides is 1. The molecule has 2 aliphatic heterocycles. The summed E-state index contributed by atoms with van der Waals surface area (Å²) in [7, 11) is 1.60. The molecule has 0 unspecified atom stereocenters. The van der Waals surface area contributed by atoms with Gasteiger partial charge in [0.15, 0.2) is 17.6 Å². The van der Waals surface area contributed by atoms with Gasteiger partial charge in [0, 0.05) is 30.3 Å². The Morgan fingerprint density at radius 3 is 2.61 bits per heavy atom. The van der Waals surface area contributed by atoms with E-state index in [0.717, 1.165) is 15.7 Å². The first kappa shape index (κ1) is 25.2. The Labute approximate surface area is 214 Å². The third-order valence-electron chi connectivity index (χ3n) is 7.81. The van der Waals surface area contributed by atoms with Gasteiger partial charge in [-0.05, 0) is 37.5 Å². The van der Waals surface area contributed by atoms with E-state index < -0.39 is 30.1 Å². The van der Waals surface area contributed by atoms with Gasteiger partial charge in [-0.1, -0.05) is 24.3 Å². The van der Waals surface area contributed by atoms with Crippen molar-refractivity contribution in [3.8, 4) is 11.5 Å². The van der Waals surface area contributed by atoms with Crippen LogP contribution in [0.1, 0.15) is 49.1 Å². The third kappa shape index (κ3) is 4.65. The Morgan fingerprint density at radius 2 is 1.97 bits per heavy atom. The van der Waals surface area contributed by atoms with Crippen LogP contribution in [0.2, 0.25) is 0 Å². The van der Waals surface area contributed by atoms with Crippen molar-refractivity contribution in [3.05, 3.63) is 28.8 Å². The fraction of sp³-hybridized carbons (Fsp3) is 0.640. The van der Waals surface area contributed by atoms with Crippen molar-refractivity contribution in [3.63, 3.8) is 0 Å². The fourth-order valence-corrected chi connectivity index (χ4v) is 6.11. The molecule has 4 atom stereocenters. The highest BCUT2D eigenvalue weighted by molar-refractivity contribution is 7.15. The average molecular weight is 519 g/mol. The Kier molecular flexibility index (Phi) is 6.84. The van der Waals surface area contributed by atoms with Crippen LogP contribution in [0.15, 0.2) is 18.2 Å². The summed E-state index contributed by atoms with van der Waals surface area (Å²) in [6.07, 6.45) is 0.225. The van der Waals surface area contributed by atoms with Gasteiger partial charge in [0.2, 0.25) is 5.13 Å². The van der Waals surface area contributed by atoms with Crippen molar-refractivity contribution in [2.24, 2.45) is 5.41 Å². The predicted octanol–water partition coefficient (Wildman–Crippen LogP) is 1.36. The number of hydrogen-bond donors (Lipinski definition) is 3. The summed E-state index contributed by atoms with van der Waals surface area (Å²) in [5, 5.41) is 40.5. The highest BCUT2D eigenvalue weighted by Gasteiger charge is 2.49. The number of ether oxygens (including phenoxy) is 2. The van der Waals surface area contributed by atoms with Gasteiger partial charge in [-0.15, -0.1) is 10.2 Å². The van der Waals surface area contributed by atoms with E-state index in [4.69, 9.17) is 9.47 Å². The van der Waals surface area contributed by atoms with Gasteiger partial charge >= 0.3 is 0 Å². The van der Waals surface area contributed by atoms with E-state index in [-0.39, 0.29) is 18.6 Å². The molecule has 3 heterocycles. The number of likely N-dealkylation sites (tertiary alicyclic amines) is 1. The molecule has 5 rings (SSSR count). The van der Waals surface area contributed by atoms with Crippen molar-refractivity contribution in [2.45, 2.75) is 56.8 Å². The van der Waals surface area contributed by atoms with Crippen molar-refractivity contribution < 1.29 is 29.6 Å². The monoisotopic (exact) mass is 518 g/mol. The lowest BCUT2D eigenvalue weighted by molar-refractivity contribution is -0.141. The van der Waals surface area contributed by atoms with Crippen LogP contribution in [0, 0.1) is 5.41 Å². The second kappa shape index (κ2) is 9.77. The maximum atomic E-state index is 12.6. The number of nitrogens with zero attached hydrogens (tertiary/aromatic N) is 4. The molecule has 11 heteroatoms. The molecular formula is C25H34N4O6S. The molecule has 0 radical (unpaired) electrons. The molecule has 3 aliphatic rings. The van der Waals surface area contributed by atoms with Crippen LogP contribution in [0.4, 0.5) is 5.13 Å². The van der Waals surface area contributed by atoms with Crippen molar-refractivity contribution in [1.29, 1.82) is 0 Å². The molecule has 196 valence electrons. The third-order valence-corrected chi connectivity index (χ3v) is 8.96. The van der Waals surface area contributed by atoms with Crippen LogP contribution in [0.5, 0.6) is 11.5 Å². The number of methoxy groups -OCH3 is 1. The quantitative estimate of drug-likeness (QED) is 0.451. The lowest BCUT2D eigenvalue weighted by Crippen LogP contribution is -2.54. The number of aliphatic hydroxyl groups excluding tert-OH is 3. The molecule has 3 N–H and O–H groups in total. The molecule has 1 aliphatic carbocycles. The van der Waals surface area contributed by atoms with E-state index in [2.05, 4.69) is 15.1 Å². The summed E-state index contributed by atoms with van der Waals surface area (Å²) in [6, 6.07) is 5.71. The summed E-state index contributed by atoms with van der Waals surface area (Å²) in [5.41, 5.74) is 0.276. The number of hydrogen-bond acceptors (Lipinski definition) is 10. The standard InChI is InChI=1S/C25H34N4O6S/c1-14(31)25(2)13-29(23(33)19(32)12-30)11-18(25)16-6-7-20(34-3)21(8-16)35-17-9-28(10-17)24-27-26-22(36-24)15-4-5-15/h6-8,14-15,17-19,30-32H,4-5,9-13H2,1-3H3/t14-,18+,19+,25+/m1/s1. The number of aromatic nitrogens is 2. The summed E-state index contributed by atoms with van der Waals surface area (Å²) >= 11 is 1.67. The molecule has 1 aromatic heterocycles. The van der Waals surface area contributed by atoms with Crippen LogP contribution < -0.4 is 14.4 Å². The molecule has 0 bridgehead atoms. The minimum Gasteiger partial charge on any atom is -0.493 e. The number of rotatable bonds is 9. The molecule has 1 saturated carbocycles. The number of benzene rings is 1. The lowest BCUT2D eigenvalue weighted by Gasteiger charge is -2.39. The summed E-state index contributed by atoms with van der Waals surface area (Å²) in [6.45, 7) is 5.04. The topological polar surface area (TPSA) is 128 Å². The van der Waals surface area contributed by atoms with Crippen LogP contribution in [0.25, 0.3) is 0 Å². The molecule has 2 saturated heterocycles. The maximum Gasteiger partial charge on any atom is 0.253 e. The van der Waals surface area contributed by atoms with Gasteiger partial charge in [0.05, 0.1) is 32.9 Å². The Balaban J connectivity index is 1.31. The predicted molar refractivity (Wildman–Crippen MR) is 134 cm³/mol. The van der Waals surface area contributed by atoms with E-state index >= 15 is 0 Å². The smallest absolute Gasteiger partial charge is 0.253 e. The Bertz CT molecular complexity index is 1100. The molecule has 36 heavy (non-hydrogen) atoms. The van der Waals surface area contributed by atoms with Gasteiger partial charge in [-0.25, -0.2) is 0 Å². The van der Waals surface area contributed by atoms with Crippen molar-refractivity contribution >= 4 is 22.4 Å². The van der Waals surface area contributed by atoms with Crippen LogP contribution in [-0.4, -0.2) is 94.5 Å². The molecule has 0 spiro atoms. The molecule has 2 aromatic rings. The van der Waals surface area contributed by atoms with Crippen molar-refractivity contribution in [2.75, 3.05) is 44.8 Å². The zero-order valence-corrected chi connectivity index (χ0v) is 21.6. The number of anilines is 1. The minimum atomic E-state index is -1.47.